The molecule has 1 aromatic carbocycles. The predicted molar refractivity (Wildman–Crippen MR) is 74.6 cm³/mol. The van der Waals surface area contributed by atoms with E-state index in [1.807, 2.05) is 44.2 Å². The van der Waals surface area contributed by atoms with E-state index in [2.05, 4.69) is 0 Å². The highest BCUT2D eigenvalue weighted by Gasteiger charge is 2.36. The second-order valence-corrected chi connectivity index (χ2v) is 4.28. The van der Waals surface area contributed by atoms with Gasteiger partial charge in [0.1, 0.15) is 6.79 Å². The minimum atomic E-state index is -0.397. The van der Waals surface area contributed by atoms with Crippen LogP contribution < -0.4 is 4.90 Å². The average molecular weight is 261 g/mol. The zero-order chi connectivity index (χ0) is 13.8. The monoisotopic (exact) mass is 261 g/mol. The first-order valence-electron chi connectivity index (χ1n) is 6.45. The second-order valence-electron chi connectivity index (χ2n) is 4.28. The van der Waals surface area contributed by atoms with E-state index in [1.54, 1.807) is 11.8 Å². The van der Waals surface area contributed by atoms with E-state index in [0.29, 0.717) is 6.61 Å². The molecular weight excluding hydrogens is 242 g/mol. The molecule has 4 nitrogen and oxygen atoms in total. The lowest BCUT2D eigenvalue weighted by Gasteiger charge is -2.24. The van der Waals surface area contributed by atoms with Crippen LogP contribution in [-0.2, 0) is 14.3 Å². The van der Waals surface area contributed by atoms with Gasteiger partial charge in [0.2, 0.25) is 5.91 Å². The number of carbonyl (C=O) groups excluding carboxylic acids is 1. The van der Waals surface area contributed by atoms with E-state index in [0.717, 1.165) is 16.8 Å². The molecule has 1 aliphatic heterocycles. The van der Waals surface area contributed by atoms with Gasteiger partial charge in [-0.25, -0.2) is 0 Å². The predicted octanol–water partition coefficient (Wildman–Crippen LogP) is 2.79. The first kappa shape index (κ1) is 13.8. The molecule has 1 atom stereocenters. The lowest BCUT2D eigenvalue weighted by Crippen LogP contribution is -2.38. The number of fused-ring (bicyclic) bond motifs is 1. The molecule has 2 rings (SSSR count). The third-order valence-corrected chi connectivity index (χ3v) is 3.14. The zero-order valence-electron chi connectivity index (χ0n) is 11.6. The topological polar surface area (TPSA) is 38.8 Å². The fourth-order valence-corrected chi connectivity index (χ4v) is 2.32. The number of rotatable bonds is 4. The first-order valence-corrected chi connectivity index (χ1v) is 6.45. The Morgan fingerprint density at radius 3 is 2.79 bits per heavy atom. The number of ether oxygens (including phenoxy) is 2. The molecule has 1 unspecified atom stereocenters. The summed E-state index contributed by atoms with van der Waals surface area (Å²) in [6.45, 7) is 6.17. The van der Waals surface area contributed by atoms with Crippen LogP contribution in [0.3, 0.4) is 0 Å². The number of hydrogen-bond donors (Lipinski definition) is 0. The molecule has 1 aliphatic rings. The van der Waals surface area contributed by atoms with E-state index in [9.17, 15) is 4.79 Å². The van der Waals surface area contributed by atoms with Gasteiger partial charge in [-0.05, 0) is 19.9 Å². The number of benzene rings is 1. The molecule has 19 heavy (non-hydrogen) atoms. The molecule has 0 radical (unpaired) electrons. The van der Waals surface area contributed by atoms with Crippen LogP contribution in [0.2, 0.25) is 0 Å². The van der Waals surface area contributed by atoms with Crippen molar-refractivity contribution in [2.45, 2.75) is 27.0 Å². The van der Waals surface area contributed by atoms with Gasteiger partial charge in [0.05, 0.1) is 5.69 Å². The summed E-state index contributed by atoms with van der Waals surface area (Å²) in [5.41, 5.74) is 2.94. The van der Waals surface area contributed by atoms with Crippen LogP contribution in [0.4, 0.5) is 5.69 Å². The maximum Gasteiger partial charge on any atom is 0.226 e. The van der Waals surface area contributed by atoms with Gasteiger partial charge >= 0.3 is 0 Å². The standard InChI is InChI=1S/C15H19NO3/c1-4-12-13-8-6-7-9-14(13)16(11(3)17)15(12)19-10-18-5-2/h4,6-9,15H,5,10H2,1-3H3/b12-4+. The van der Waals surface area contributed by atoms with Gasteiger partial charge in [-0.3, -0.25) is 9.69 Å². The van der Waals surface area contributed by atoms with Crippen molar-refractivity contribution in [1.82, 2.24) is 0 Å². The van der Waals surface area contributed by atoms with Crippen molar-refractivity contribution in [3.63, 3.8) is 0 Å². The highest BCUT2D eigenvalue weighted by atomic mass is 16.7. The first-order chi connectivity index (χ1) is 9.20. The van der Waals surface area contributed by atoms with Crippen molar-refractivity contribution in [2.75, 3.05) is 18.3 Å². The zero-order valence-corrected chi connectivity index (χ0v) is 11.6. The van der Waals surface area contributed by atoms with Crippen LogP contribution in [0.1, 0.15) is 26.3 Å². The molecule has 1 heterocycles. The van der Waals surface area contributed by atoms with Gasteiger partial charge < -0.3 is 9.47 Å². The largest absolute Gasteiger partial charge is 0.356 e. The number of amides is 1. The third-order valence-electron chi connectivity index (χ3n) is 3.14. The third kappa shape index (κ3) is 2.55. The van der Waals surface area contributed by atoms with E-state index in [4.69, 9.17) is 9.47 Å². The van der Waals surface area contributed by atoms with E-state index in [1.165, 1.54) is 0 Å². The van der Waals surface area contributed by atoms with Crippen LogP contribution in [-0.4, -0.2) is 25.5 Å². The Labute approximate surface area is 113 Å². The normalized spacial score (nSPS) is 19.8. The number of allylic oxidation sites excluding steroid dienone is 1. The Kier molecular flexibility index (Phi) is 4.35. The molecule has 0 N–H and O–H groups in total. The average Bonchev–Trinajstić information content (AvgIpc) is 2.72. The molecule has 0 aromatic heterocycles. The highest BCUT2D eigenvalue weighted by Crippen LogP contribution is 2.40. The van der Waals surface area contributed by atoms with Gasteiger partial charge in [-0.2, -0.15) is 0 Å². The molecule has 0 fully saturated rings. The summed E-state index contributed by atoms with van der Waals surface area (Å²) in [7, 11) is 0. The van der Waals surface area contributed by atoms with Crippen LogP contribution in [0, 0.1) is 0 Å². The van der Waals surface area contributed by atoms with Gasteiger partial charge in [-0.15, -0.1) is 0 Å². The molecule has 102 valence electrons. The number of anilines is 1. The Balaban J connectivity index is 2.34. The molecular formula is C15H19NO3. The Bertz CT molecular complexity index is 496. The highest BCUT2D eigenvalue weighted by molar-refractivity contribution is 6.02. The quantitative estimate of drug-likeness (QED) is 0.618. The maximum absolute atomic E-state index is 11.9. The van der Waals surface area contributed by atoms with Gasteiger partial charge in [0.25, 0.3) is 0 Å². The van der Waals surface area contributed by atoms with Crippen molar-refractivity contribution in [1.29, 1.82) is 0 Å². The number of para-hydroxylation sites is 1. The molecule has 0 saturated carbocycles. The summed E-state index contributed by atoms with van der Waals surface area (Å²) < 4.78 is 10.9. The van der Waals surface area contributed by atoms with Crippen LogP contribution in [0.15, 0.2) is 30.3 Å². The maximum atomic E-state index is 11.9. The smallest absolute Gasteiger partial charge is 0.226 e. The Morgan fingerprint density at radius 2 is 2.16 bits per heavy atom. The van der Waals surface area contributed by atoms with E-state index >= 15 is 0 Å². The van der Waals surface area contributed by atoms with Gasteiger partial charge in [0, 0.05) is 24.7 Å². The fraction of sp³-hybridized carbons (Fsp3) is 0.400. The van der Waals surface area contributed by atoms with Crippen molar-refractivity contribution in [3.05, 3.63) is 35.9 Å². The molecule has 0 bridgehead atoms. The van der Waals surface area contributed by atoms with Gasteiger partial charge in [0.15, 0.2) is 6.23 Å². The summed E-state index contributed by atoms with van der Waals surface area (Å²) in [6.07, 6.45) is 1.59. The molecule has 1 amide bonds. The minimum absolute atomic E-state index is 0.0363. The van der Waals surface area contributed by atoms with Crippen molar-refractivity contribution >= 4 is 17.2 Å². The van der Waals surface area contributed by atoms with Crippen LogP contribution in [0.25, 0.3) is 5.57 Å². The Hall–Kier alpha value is -1.65. The summed E-state index contributed by atoms with van der Waals surface area (Å²) in [6, 6.07) is 7.83. The molecule has 0 spiro atoms. The van der Waals surface area contributed by atoms with E-state index < -0.39 is 6.23 Å². The fourth-order valence-electron chi connectivity index (χ4n) is 2.32. The van der Waals surface area contributed by atoms with Crippen LogP contribution in [0.5, 0.6) is 0 Å². The summed E-state index contributed by atoms with van der Waals surface area (Å²) in [4.78, 5) is 13.6. The summed E-state index contributed by atoms with van der Waals surface area (Å²) in [5, 5.41) is 0. The SMILES string of the molecule is C/C=C1\c2ccccc2N(C(C)=O)C1OCOCC. The summed E-state index contributed by atoms with van der Waals surface area (Å²) >= 11 is 0. The Morgan fingerprint density at radius 1 is 1.42 bits per heavy atom. The van der Waals surface area contributed by atoms with E-state index in [-0.39, 0.29) is 12.7 Å². The van der Waals surface area contributed by atoms with Crippen molar-refractivity contribution < 1.29 is 14.3 Å². The number of carbonyl (C=O) groups is 1. The van der Waals surface area contributed by atoms with Gasteiger partial charge in [-0.1, -0.05) is 24.3 Å². The molecule has 0 aliphatic carbocycles. The molecule has 0 saturated heterocycles. The lowest BCUT2D eigenvalue weighted by molar-refractivity contribution is -0.121. The molecule has 4 heteroatoms. The minimum Gasteiger partial charge on any atom is -0.356 e. The molecule has 1 aromatic rings. The number of nitrogens with zero attached hydrogens (tertiary/aromatic N) is 1. The lowest BCUT2D eigenvalue weighted by atomic mass is 10.1. The van der Waals surface area contributed by atoms with Crippen molar-refractivity contribution in [3.8, 4) is 0 Å². The van der Waals surface area contributed by atoms with Crippen molar-refractivity contribution in [2.24, 2.45) is 0 Å². The van der Waals surface area contributed by atoms with Crippen LogP contribution >= 0.6 is 0 Å². The number of hydrogen-bond acceptors (Lipinski definition) is 3. The second kappa shape index (κ2) is 5.99. The summed E-state index contributed by atoms with van der Waals surface area (Å²) in [5.74, 6) is -0.0363.